The predicted octanol–water partition coefficient (Wildman–Crippen LogP) is 0.569. The lowest BCUT2D eigenvalue weighted by Crippen LogP contribution is -2.54. The first kappa shape index (κ1) is 26.3. The minimum atomic E-state index is -1.19. The van der Waals surface area contributed by atoms with Crippen LogP contribution in [0.15, 0.2) is 0 Å². The molecule has 174 valence electrons. The maximum atomic E-state index is 12.2. The second-order valence-electron chi connectivity index (χ2n) is 7.01. The molecule has 0 amide bonds. The Balaban J connectivity index is 0.000000553. The Hall–Kier alpha value is -1.75. The number of carbonyl (C=O) groups is 3. The molecule has 10 heteroatoms. The average Bonchev–Trinajstić information content (AvgIpc) is 3.25. The van der Waals surface area contributed by atoms with Crippen LogP contribution in [0.25, 0.3) is 0 Å². The molecule has 1 N–H and O–H groups in total. The number of hydrogen-bond donors (Lipinski definition) is 1. The SMILES string of the molecule is CCN(CC)CC.COCCOC(=O)C1C2O[C@@H](C1C(=O)O)[C@@H](OC)C2OC(C)=O. The Kier molecular flexibility index (Phi) is 11.2. The number of esters is 2. The van der Waals surface area contributed by atoms with Crippen molar-refractivity contribution in [2.75, 3.05) is 47.1 Å². The first-order chi connectivity index (χ1) is 14.3. The monoisotopic (exact) mass is 433 g/mol. The highest BCUT2D eigenvalue weighted by Gasteiger charge is 2.66. The highest BCUT2D eigenvalue weighted by atomic mass is 16.6. The van der Waals surface area contributed by atoms with Gasteiger partial charge in [-0.2, -0.15) is 0 Å². The van der Waals surface area contributed by atoms with Gasteiger partial charge in [0.2, 0.25) is 0 Å². The fraction of sp³-hybridized carbons (Fsp3) is 0.850. The highest BCUT2D eigenvalue weighted by molar-refractivity contribution is 5.83. The number of carbonyl (C=O) groups excluding carboxylic acids is 2. The fourth-order valence-electron chi connectivity index (χ4n) is 3.86. The lowest BCUT2D eigenvalue weighted by Gasteiger charge is -2.33. The van der Waals surface area contributed by atoms with Crippen LogP contribution in [-0.4, -0.2) is 99.4 Å². The summed E-state index contributed by atoms with van der Waals surface area (Å²) in [5, 5.41) is 9.43. The maximum absolute atomic E-state index is 12.2. The molecule has 0 aromatic carbocycles. The Morgan fingerprint density at radius 1 is 0.933 bits per heavy atom. The van der Waals surface area contributed by atoms with Gasteiger partial charge < -0.3 is 33.7 Å². The molecule has 2 aliphatic heterocycles. The van der Waals surface area contributed by atoms with Crippen LogP contribution < -0.4 is 0 Å². The van der Waals surface area contributed by atoms with Gasteiger partial charge in [0.05, 0.1) is 6.61 Å². The van der Waals surface area contributed by atoms with E-state index in [0.29, 0.717) is 0 Å². The molecular weight excluding hydrogens is 398 g/mol. The Labute approximate surface area is 177 Å². The van der Waals surface area contributed by atoms with Crippen LogP contribution in [0.5, 0.6) is 0 Å². The standard InChI is InChI=1S/C14H20O9.C6H15N/c1-6(15)22-12-10-8(14(18)21-5-4-19-2)7(13(16)17)9(23-10)11(12)20-3;1-4-7(5-2)6-3/h7-12H,4-5H2,1-3H3,(H,16,17);4-6H2,1-3H3/t7?,8?,9-,10?,11+,12?;/m0./s1. The van der Waals surface area contributed by atoms with E-state index in [-0.39, 0.29) is 13.2 Å². The number of carboxylic acids is 1. The minimum Gasteiger partial charge on any atom is -0.481 e. The zero-order valence-electron chi connectivity index (χ0n) is 18.7. The van der Waals surface area contributed by atoms with Gasteiger partial charge in [-0.25, -0.2) is 0 Å². The highest BCUT2D eigenvalue weighted by Crippen LogP contribution is 2.46. The number of rotatable bonds is 10. The van der Waals surface area contributed by atoms with E-state index in [0.717, 1.165) is 0 Å². The summed E-state index contributed by atoms with van der Waals surface area (Å²) in [6, 6.07) is 0. The summed E-state index contributed by atoms with van der Waals surface area (Å²) in [5.74, 6) is -4.65. The summed E-state index contributed by atoms with van der Waals surface area (Å²) in [4.78, 5) is 37.4. The lowest BCUT2D eigenvalue weighted by atomic mass is 9.76. The van der Waals surface area contributed by atoms with Crippen LogP contribution in [0.3, 0.4) is 0 Å². The smallest absolute Gasteiger partial charge is 0.312 e. The van der Waals surface area contributed by atoms with E-state index in [2.05, 4.69) is 25.7 Å². The number of ether oxygens (including phenoxy) is 5. The number of nitrogens with zero attached hydrogens (tertiary/aromatic N) is 1. The van der Waals surface area contributed by atoms with Crippen LogP contribution >= 0.6 is 0 Å². The molecule has 0 aliphatic carbocycles. The van der Waals surface area contributed by atoms with Crippen molar-refractivity contribution in [3.05, 3.63) is 0 Å². The van der Waals surface area contributed by atoms with Crippen LogP contribution in [0.1, 0.15) is 27.7 Å². The summed E-state index contributed by atoms with van der Waals surface area (Å²) in [7, 11) is 2.82. The van der Waals surface area contributed by atoms with Crippen molar-refractivity contribution in [2.24, 2.45) is 11.8 Å². The first-order valence-electron chi connectivity index (χ1n) is 10.2. The summed E-state index contributed by atoms with van der Waals surface area (Å²) in [6.07, 6.45) is -3.39. The van der Waals surface area contributed by atoms with Gasteiger partial charge in [-0.05, 0) is 19.6 Å². The van der Waals surface area contributed by atoms with Crippen LogP contribution in [0.4, 0.5) is 0 Å². The number of fused-ring (bicyclic) bond motifs is 2. The van der Waals surface area contributed by atoms with Gasteiger partial charge in [-0.1, -0.05) is 20.8 Å². The molecule has 0 saturated carbocycles. The van der Waals surface area contributed by atoms with Crippen molar-refractivity contribution in [1.82, 2.24) is 4.90 Å². The van der Waals surface area contributed by atoms with Gasteiger partial charge in [-0.15, -0.1) is 0 Å². The van der Waals surface area contributed by atoms with Crippen molar-refractivity contribution in [2.45, 2.75) is 52.1 Å². The topological polar surface area (TPSA) is 121 Å². The largest absolute Gasteiger partial charge is 0.481 e. The molecular formula is C20H35NO9. The van der Waals surface area contributed by atoms with E-state index in [1.165, 1.54) is 40.8 Å². The average molecular weight is 433 g/mol. The summed E-state index contributed by atoms with van der Waals surface area (Å²) in [6.45, 7) is 11.5. The van der Waals surface area contributed by atoms with Crippen molar-refractivity contribution in [1.29, 1.82) is 0 Å². The molecule has 2 bridgehead atoms. The Morgan fingerprint density at radius 2 is 1.50 bits per heavy atom. The van der Waals surface area contributed by atoms with E-state index in [4.69, 9.17) is 23.7 Å². The van der Waals surface area contributed by atoms with Crippen LogP contribution in [0, 0.1) is 11.8 Å². The van der Waals surface area contributed by atoms with E-state index >= 15 is 0 Å². The third kappa shape index (κ3) is 6.37. The van der Waals surface area contributed by atoms with Crippen molar-refractivity contribution in [3.63, 3.8) is 0 Å². The molecule has 30 heavy (non-hydrogen) atoms. The van der Waals surface area contributed by atoms with E-state index < -0.39 is 54.2 Å². The van der Waals surface area contributed by atoms with Gasteiger partial charge >= 0.3 is 17.9 Å². The maximum Gasteiger partial charge on any atom is 0.312 e. The van der Waals surface area contributed by atoms with Crippen molar-refractivity contribution in [3.8, 4) is 0 Å². The number of carboxylic acid groups (broad SMARTS) is 1. The predicted molar refractivity (Wildman–Crippen MR) is 106 cm³/mol. The zero-order chi connectivity index (χ0) is 22.8. The van der Waals surface area contributed by atoms with E-state index in [1.807, 2.05) is 0 Å². The lowest BCUT2D eigenvalue weighted by molar-refractivity contribution is -0.171. The number of hydrogen-bond acceptors (Lipinski definition) is 9. The van der Waals surface area contributed by atoms with Gasteiger partial charge in [0, 0.05) is 21.1 Å². The van der Waals surface area contributed by atoms with Gasteiger partial charge in [0.25, 0.3) is 0 Å². The number of methoxy groups -OCH3 is 2. The van der Waals surface area contributed by atoms with Gasteiger partial charge in [-0.3, -0.25) is 14.4 Å². The van der Waals surface area contributed by atoms with Crippen molar-refractivity contribution < 1.29 is 43.2 Å². The third-order valence-electron chi connectivity index (χ3n) is 5.39. The number of aliphatic carboxylic acids is 1. The van der Waals surface area contributed by atoms with E-state index in [1.54, 1.807) is 0 Å². The minimum absolute atomic E-state index is 0.00149. The van der Waals surface area contributed by atoms with Gasteiger partial charge in [0.1, 0.15) is 36.8 Å². The second-order valence-corrected chi connectivity index (χ2v) is 7.01. The molecule has 2 fully saturated rings. The molecule has 10 nitrogen and oxygen atoms in total. The molecule has 2 saturated heterocycles. The summed E-state index contributed by atoms with van der Waals surface area (Å²) < 4.78 is 25.8. The second kappa shape index (κ2) is 12.8. The van der Waals surface area contributed by atoms with Crippen molar-refractivity contribution >= 4 is 17.9 Å². The third-order valence-corrected chi connectivity index (χ3v) is 5.39. The molecule has 4 unspecified atom stereocenters. The quantitative estimate of drug-likeness (QED) is 0.386. The van der Waals surface area contributed by atoms with Crippen LogP contribution in [-0.2, 0) is 38.1 Å². The molecule has 0 radical (unpaired) electrons. The normalized spacial score (nSPS) is 29.3. The summed E-state index contributed by atoms with van der Waals surface area (Å²) in [5.41, 5.74) is 0. The van der Waals surface area contributed by atoms with E-state index in [9.17, 15) is 19.5 Å². The Morgan fingerprint density at radius 3 is 1.90 bits per heavy atom. The molecule has 2 heterocycles. The Bertz CT molecular complexity index is 559. The molecule has 0 aromatic rings. The summed E-state index contributed by atoms with van der Waals surface area (Å²) >= 11 is 0. The molecule has 2 aliphatic rings. The first-order valence-corrected chi connectivity index (χ1v) is 10.2. The van der Waals surface area contributed by atoms with Gasteiger partial charge in [0.15, 0.2) is 6.10 Å². The fourth-order valence-corrected chi connectivity index (χ4v) is 3.86. The van der Waals surface area contributed by atoms with Crippen LogP contribution in [0.2, 0.25) is 0 Å². The molecule has 2 rings (SSSR count). The molecule has 0 spiro atoms. The molecule has 0 aromatic heterocycles. The molecule has 6 atom stereocenters. The zero-order valence-corrected chi connectivity index (χ0v) is 18.7.